The Kier molecular flexibility index (Phi) is 5.82. The third-order valence-corrected chi connectivity index (χ3v) is 6.24. The summed E-state index contributed by atoms with van der Waals surface area (Å²) in [6.07, 6.45) is -2.66. The van der Waals surface area contributed by atoms with Crippen LogP contribution in [0.4, 0.5) is 18.9 Å². The van der Waals surface area contributed by atoms with Crippen LogP contribution in [0.3, 0.4) is 0 Å². The van der Waals surface area contributed by atoms with Gasteiger partial charge in [0, 0.05) is 31.9 Å². The molecule has 0 radical (unpaired) electrons. The van der Waals surface area contributed by atoms with Crippen LogP contribution in [0, 0.1) is 0 Å². The van der Waals surface area contributed by atoms with Gasteiger partial charge in [0.15, 0.2) is 16.6 Å². The Morgan fingerprint density at radius 3 is 2.56 bits per heavy atom. The second-order valence-corrected chi connectivity index (χ2v) is 8.52. The van der Waals surface area contributed by atoms with Crippen molar-refractivity contribution in [1.82, 2.24) is 15.1 Å². The first-order valence-electron chi connectivity index (χ1n) is 10.7. The number of halogens is 3. The maximum Gasteiger partial charge on any atom is 0.416 e. The second-order valence-electron chi connectivity index (χ2n) is 8.13. The Labute approximate surface area is 199 Å². The molecule has 178 valence electrons. The van der Waals surface area contributed by atoms with Crippen molar-refractivity contribution in [2.75, 3.05) is 44.5 Å². The molecule has 7 nitrogen and oxygen atoms in total. The van der Waals surface area contributed by atoms with E-state index in [2.05, 4.69) is 10.2 Å². The van der Waals surface area contributed by atoms with E-state index in [1.807, 2.05) is 11.0 Å². The topological polar surface area (TPSA) is 57.3 Å². The Bertz CT molecular complexity index is 1160. The Morgan fingerprint density at radius 2 is 1.79 bits per heavy atom. The number of piperazine rings is 1. The summed E-state index contributed by atoms with van der Waals surface area (Å²) in [5, 5.41) is 3.28. The van der Waals surface area contributed by atoms with Gasteiger partial charge in [0.25, 0.3) is 5.91 Å². The van der Waals surface area contributed by atoms with Crippen LogP contribution in [-0.4, -0.2) is 60.5 Å². The molecule has 34 heavy (non-hydrogen) atoms. The molecule has 0 aromatic heterocycles. The number of nitrogens with zero attached hydrogens (tertiary/aromatic N) is 3. The number of carbonyl (C=O) groups excluding carboxylic acids is 1. The predicted molar refractivity (Wildman–Crippen MR) is 123 cm³/mol. The summed E-state index contributed by atoms with van der Waals surface area (Å²) in [6.45, 7) is 2.74. The van der Waals surface area contributed by atoms with Crippen molar-refractivity contribution in [2.24, 2.45) is 0 Å². The van der Waals surface area contributed by atoms with E-state index in [0.717, 1.165) is 11.6 Å². The van der Waals surface area contributed by atoms with Crippen molar-refractivity contribution in [2.45, 2.75) is 6.18 Å². The zero-order valence-electron chi connectivity index (χ0n) is 18.0. The minimum atomic E-state index is -4.37. The number of ether oxygens (including phenoxy) is 2. The van der Waals surface area contributed by atoms with Gasteiger partial charge in [-0.25, -0.2) is 0 Å². The van der Waals surface area contributed by atoms with Gasteiger partial charge in [-0.15, -0.1) is 0 Å². The zero-order chi connectivity index (χ0) is 23.9. The third-order valence-electron chi connectivity index (χ3n) is 5.92. The molecule has 0 spiro atoms. The minimum absolute atomic E-state index is 0.172. The van der Waals surface area contributed by atoms with Gasteiger partial charge >= 0.3 is 6.18 Å². The fraction of sp³-hybridized carbons (Fsp3) is 0.304. The summed E-state index contributed by atoms with van der Waals surface area (Å²) >= 11 is 5.37. The molecule has 0 bridgehead atoms. The molecular weight excluding hydrogens is 469 g/mol. The highest BCUT2D eigenvalue weighted by Gasteiger charge is 2.34. The second kappa shape index (κ2) is 8.80. The van der Waals surface area contributed by atoms with Crippen LogP contribution in [0.2, 0.25) is 0 Å². The number of rotatable bonds is 4. The average molecular weight is 491 g/mol. The van der Waals surface area contributed by atoms with Gasteiger partial charge in [-0.3, -0.25) is 14.6 Å². The molecule has 0 unspecified atom stereocenters. The van der Waals surface area contributed by atoms with E-state index in [4.69, 9.17) is 21.7 Å². The molecule has 3 heterocycles. The number of amides is 1. The normalized spacial score (nSPS) is 19.8. The maximum absolute atomic E-state index is 13.0. The van der Waals surface area contributed by atoms with E-state index in [9.17, 15) is 18.0 Å². The first-order valence-corrected chi connectivity index (χ1v) is 11.1. The summed E-state index contributed by atoms with van der Waals surface area (Å²) in [6, 6.07) is 10.8. The summed E-state index contributed by atoms with van der Waals surface area (Å²) < 4.78 is 49.8. The van der Waals surface area contributed by atoms with E-state index in [1.54, 1.807) is 24.3 Å². The Morgan fingerprint density at radius 1 is 1.03 bits per heavy atom. The molecule has 0 aliphatic carbocycles. The lowest BCUT2D eigenvalue weighted by Gasteiger charge is -2.37. The van der Waals surface area contributed by atoms with Crippen molar-refractivity contribution in [3.63, 3.8) is 0 Å². The van der Waals surface area contributed by atoms with Gasteiger partial charge in [0.1, 0.15) is 5.70 Å². The summed E-state index contributed by atoms with van der Waals surface area (Å²) in [4.78, 5) is 18.4. The number of thiocarbonyl (C=S) groups is 1. The summed E-state index contributed by atoms with van der Waals surface area (Å²) in [5.74, 6) is 1.05. The average Bonchev–Trinajstić information content (AvgIpc) is 3.39. The van der Waals surface area contributed by atoms with Gasteiger partial charge < -0.3 is 19.7 Å². The number of anilines is 1. The lowest BCUT2D eigenvalue weighted by molar-refractivity contribution is -0.137. The molecule has 1 N–H and O–H groups in total. The highest BCUT2D eigenvalue weighted by atomic mass is 32.1. The Hall–Kier alpha value is -3.31. The van der Waals surface area contributed by atoms with Crippen LogP contribution in [0.5, 0.6) is 11.5 Å². The maximum atomic E-state index is 13.0. The number of alkyl halides is 3. The van der Waals surface area contributed by atoms with Crippen molar-refractivity contribution in [3.8, 4) is 11.5 Å². The molecule has 2 fully saturated rings. The molecule has 1 amide bonds. The number of nitrogens with one attached hydrogen (secondary N) is 1. The predicted octanol–water partition coefficient (Wildman–Crippen LogP) is 3.27. The molecule has 3 aliphatic heterocycles. The van der Waals surface area contributed by atoms with Crippen LogP contribution in [0.25, 0.3) is 6.08 Å². The summed E-state index contributed by atoms with van der Waals surface area (Å²) in [5.41, 5.74) is 1.03. The van der Waals surface area contributed by atoms with Crippen LogP contribution < -0.4 is 19.7 Å². The van der Waals surface area contributed by atoms with Crippen molar-refractivity contribution >= 4 is 35.0 Å². The van der Waals surface area contributed by atoms with Gasteiger partial charge in [-0.05, 0) is 54.2 Å². The first kappa shape index (κ1) is 22.5. The molecule has 11 heteroatoms. The summed E-state index contributed by atoms with van der Waals surface area (Å²) in [7, 11) is 0. The van der Waals surface area contributed by atoms with E-state index >= 15 is 0 Å². The monoisotopic (exact) mass is 490 g/mol. The molecule has 0 atom stereocenters. The quantitative estimate of drug-likeness (QED) is 0.522. The first-order chi connectivity index (χ1) is 16.3. The van der Waals surface area contributed by atoms with Gasteiger partial charge in [0.05, 0.1) is 12.2 Å². The van der Waals surface area contributed by atoms with E-state index in [-0.39, 0.29) is 12.7 Å². The number of hydrogen-bond acceptors (Lipinski definition) is 6. The van der Waals surface area contributed by atoms with Gasteiger partial charge in [0.2, 0.25) is 6.79 Å². The van der Waals surface area contributed by atoms with Crippen molar-refractivity contribution in [1.29, 1.82) is 0 Å². The smallest absolute Gasteiger partial charge is 0.416 e. The minimum Gasteiger partial charge on any atom is -0.454 e. The molecule has 2 aromatic rings. The van der Waals surface area contributed by atoms with Crippen LogP contribution >= 0.6 is 12.2 Å². The van der Waals surface area contributed by atoms with Crippen LogP contribution in [0.1, 0.15) is 11.1 Å². The van der Waals surface area contributed by atoms with Gasteiger partial charge in [-0.1, -0.05) is 12.1 Å². The number of benzene rings is 2. The zero-order valence-corrected chi connectivity index (χ0v) is 18.8. The molecule has 5 rings (SSSR count). The third kappa shape index (κ3) is 4.53. The molecule has 3 aliphatic rings. The Balaban J connectivity index is 1.20. The SMILES string of the molecule is O=C1C(=Cc2ccc3c(c2)OCO3)NC(=S)N1CN1CCN(c2cccc(C(F)(F)F)c2)CC1. The van der Waals surface area contributed by atoms with E-state index in [0.29, 0.717) is 60.8 Å². The standard InChI is InChI=1S/C23H21F3N4O3S/c24-23(25,26)16-2-1-3-17(12-16)29-8-6-28(7-9-29)13-30-21(31)18(27-22(30)34)10-15-4-5-19-20(11-15)33-14-32-19/h1-5,10-12H,6-9,13-14H2,(H,27,34). The fourth-order valence-electron chi connectivity index (χ4n) is 4.10. The lowest BCUT2D eigenvalue weighted by Crippen LogP contribution is -2.51. The fourth-order valence-corrected chi connectivity index (χ4v) is 4.35. The molecule has 2 saturated heterocycles. The van der Waals surface area contributed by atoms with E-state index in [1.165, 1.54) is 17.0 Å². The number of carbonyl (C=O) groups is 1. The number of hydrogen-bond donors (Lipinski definition) is 1. The van der Waals surface area contributed by atoms with Crippen LogP contribution in [-0.2, 0) is 11.0 Å². The largest absolute Gasteiger partial charge is 0.454 e. The molecule has 0 saturated carbocycles. The van der Waals surface area contributed by atoms with Crippen LogP contribution in [0.15, 0.2) is 48.2 Å². The highest BCUT2D eigenvalue weighted by molar-refractivity contribution is 7.80. The number of fused-ring (bicyclic) bond motifs is 1. The van der Waals surface area contributed by atoms with Crippen molar-refractivity contribution < 1.29 is 27.4 Å². The van der Waals surface area contributed by atoms with Gasteiger partial charge in [-0.2, -0.15) is 13.2 Å². The molecule has 2 aromatic carbocycles. The van der Waals surface area contributed by atoms with Crippen molar-refractivity contribution in [3.05, 3.63) is 59.3 Å². The van der Waals surface area contributed by atoms with E-state index < -0.39 is 11.7 Å². The molecular formula is C23H21F3N4O3S. The lowest BCUT2D eigenvalue weighted by atomic mass is 10.1. The highest BCUT2D eigenvalue weighted by Crippen LogP contribution is 2.34.